The number of benzene rings is 1. The second-order valence-corrected chi connectivity index (χ2v) is 12.3. The summed E-state index contributed by atoms with van der Waals surface area (Å²) < 4.78 is 58.9. The lowest BCUT2D eigenvalue weighted by Gasteiger charge is -2.35. The molecular weight excluding hydrogens is 525 g/mol. The van der Waals surface area contributed by atoms with Crippen molar-refractivity contribution in [1.82, 2.24) is 20.0 Å². The molecule has 1 saturated heterocycles. The van der Waals surface area contributed by atoms with Gasteiger partial charge in [-0.3, -0.25) is 0 Å². The van der Waals surface area contributed by atoms with E-state index in [4.69, 9.17) is 0 Å². The number of allylic oxidation sites excluding steroid dienone is 2. The van der Waals surface area contributed by atoms with Crippen molar-refractivity contribution in [3.05, 3.63) is 54.1 Å². The molecule has 1 N–H and O–H groups in total. The van der Waals surface area contributed by atoms with Crippen LogP contribution in [-0.2, 0) is 11.0 Å². The number of alkyl halides is 2. The highest BCUT2D eigenvalue weighted by atomic mass is 32.2. The fourth-order valence-corrected chi connectivity index (χ4v) is 5.99. The summed E-state index contributed by atoms with van der Waals surface area (Å²) in [6.07, 6.45) is 7.59. The van der Waals surface area contributed by atoms with Gasteiger partial charge in [0.25, 0.3) is 5.92 Å². The summed E-state index contributed by atoms with van der Waals surface area (Å²) in [6, 6.07) is 8.56. The van der Waals surface area contributed by atoms with Gasteiger partial charge < -0.3 is 9.62 Å². The van der Waals surface area contributed by atoms with Crippen LogP contribution in [0.5, 0.6) is 0 Å². The molecule has 3 aliphatic rings. The van der Waals surface area contributed by atoms with Crippen LogP contribution in [0.4, 0.5) is 24.5 Å². The molecule has 0 amide bonds. The minimum absolute atomic E-state index is 0.0313. The highest BCUT2D eigenvalue weighted by molar-refractivity contribution is 7.86. The third-order valence-corrected chi connectivity index (χ3v) is 9.14. The van der Waals surface area contributed by atoms with E-state index < -0.39 is 22.7 Å². The van der Waals surface area contributed by atoms with Crippen LogP contribution in [0, 0.1) is 11.2 Å². The Morgan fingerprint density at radius 2 is 1.82 bits per heavy atom. The van der Waals surface area contributed by atoms with Crippen molar-refractivity contribution in [2.45, 2.75) is 57.8 Å². The first-order chi connectivity index (χ1) is 18.7. The minimum atomic E-state index is -2.71. The number of nitrogens with zero attached hydrogens (tertiary/aromatic N) is 5. The number of rotatable bonds is 7. The van der Waals surface area contributed by atoms with E-state index in [1.165, 1.54) is 31.1 Å². The van der Waals surface area contributed by atoms with Crippen LogP contribution in [0.3, 0.4) is 0 Å². The molecule has 1 saturated carbocycles. The summed E-state index contributed by atoms with van der Waals surface area (Å²) in [5.74, 6) is -2.77. The van der Waals surface area contributed by atoms with Gasteiger partial charge in [-0.05, 0) is 73.4 Å². The molecule has 1 atom stereocenters. The van der Waals surface area contributed by atoms with Gasteiger partial charge in [0.15, 0.2) is 5.82 Å². The number of halogens is 3. The lowest BCUT2D eigenvalue weighted by molar-refractivity contribution is -0.00605. The molecule has 1 aliphatic heterocycles. The molecule has 1 aromatic carbocycles. The van der Waals surface area contributed by atoms with Gasteiger partial charge in [-0.25, -0.2) is 27.0 Å². The van der Waals surface area contributed by atoms with Crippen molar-refractivity contribution < 1.29 is 17.4 Å². The predicted octanol–water partition coefficient (Wildman–Crippen LogP) is 6.15. The van der Waals surface area contributed by atoms with Crippen LogP contribution < -0.4 is 9.62 Å². The maximum Gasteiger partial charge on any atom is 0.251 e. The van der Waals surface area contributed by atoms with Gasteiger partial charge in [-0.1, -0.05) is 18.2 Å². The average molecular weight is 557 g/mol. The van der Waals surface area contributed by atoms with Gasteiger partial charge in [0.05, 0.1) is 23.3 Å². The Hall–Kier alpha value is -3.21. The van der Waals surface area contributed by atoms with Gasteiger partial charge in [0.2, 0.25) is 0 Å². The molecule has 2 fully saturated rings. The number of hydrogen-bond acceptors (Lipinski definition) is 5. The van der Waals surface area contributed by atoms with Gasteiger partial charge in [-0.2, -0.15) is 0 Å². The SMILES string of the molecule is CCS(=O)Nc1ccc(-n2cc(-c3nc(C4=CCC(F)(F)CC4)ccc3F)nn2)c(N2CCC3(CC2)CC3)c1. The lowest BCUT2D eigenvalue weighted by atomic mass is 9.93. The highest BCUT2D eigenvalue weighted by Gasteiger charge is 2.44. The quantitative estimate of drug-likeness (QED) is 0.378. The predicted molar refractivity (Wildman–Crippen MR) is 147 cm³/mol. The van der Waals surface area contributed by atoms with Crippen LogP contribution >= 0.6 is 0 Å². The molecule has 3 aromatic rings. The number of nitrogens with one attached hydrogen (secondary N) is 1. The number of hydrogen-bond donors (Lipinski definition) is 1. The maximum atomic E-state index is 14.9. The van der Waals surface area contributed by atoms with Gasteiger partial charge in [0.1, 0.15) is 22.4 Å². The van der Waals surface area contributed by atoms with E-state index in [1.807, 2.05) is 25.1 Å². The molecular formula is C28H31F3N6OS. The van der Waals surface area contributed by atoms with E-state index in [9.17, 15) is 17.4 Å². The van der Waals surface area contributed by atoms with E-state index in [-0.39, 0.29) is 30.7 Å². The average Bonchev–Trinajstić information content (AvgIpc) is 3.50. The van der Waals surface area contributed by atoms with E-state index in [1.54, 1.807) is 10.9 Å². The molecule has 2 aromatic heterocycles. The fourth-order valence-electron chi connectivity index (χ4n) is 5.45. The zero-order valence-electron chi connectivity index (χ0n) is 21.8. The zero-order valence-corrected chi connectivity index (χ0v) is 22.6. The first-order valence-corrected chi connectivity index (χ1v) is 14.8. The monoisotopic (exact) mass is 556 g/mol. The summed E-state index contributed by atoms with van der Waals surface area (Å²) in [5, 5.41) is 8.53. The lowest BCUT2D eigenvalue weighted by Crippen LogP contribution is -2.35. The van der Waals surface area contributed by atoms with Crippen molar-refractivity contribution in [3.63, 3.8) is 0 Å². The second-order valence-electron chi connectivity index (χ2n) is 10.8. The molecule has 2 aliphatic carbocycles. The van der Waals surface area contributed by atoms with E-state index in [0.29, 0.717) is 22.4 Å². The molecule has 3 heterocycles. The number of aromatic nitrogens is 4. The Labute approximate surface area is 228 Å². The molecule has 0 bridgehead atoms. The van der Waals surface area contributed by atoms with Crippen molar-refractivity contribution in [1.29, 1.82) is 0 Å². The van der Waals surface area contributed by atoms with E-state index >= 15 is 0 Å². The number of anilines is 2. The number of pyridine rings is 1. The molecule has 6 rings (SSSR count). The van der Waals surface area contributed by atoms with Gasteiger partial charge in [-0.15, -0.1) is 5.10 Å². The van der Waals surface area contributed by atoms with Crippen LogP contribution in [0.15, 0.2) is 42.6 Å². The first kappa shape index (κ1) is 26.0. The third kappa shape index (κ3) is 5.46. The molecule has 0 radical (unpaired) electrons. The summed E-state index contributed by atoms with van der Waals surface area (Å²) in [6.45, 7) is 3.69. The van der Waals surface area contributed by atoms with E-state index in [0.717, 1.165) is 43.0 Å². The van der Waals surface area contributed by atoms with Crippen molar-refractivity contribution >= 4 is 27.9 Å². The summed E-state index contributed by atoms with van der Waals surface area (Å²) in [5.41, 5.74) is 4.43. The smallest absolute Gasteiger partial charge is 0.251 e. The van der Waals surface area contributed by atoms with Crippen LogP contribution in [0.1, 0.15) is 57.6 Å². The normalized spacial score (nSPS) is 20.5. The Morgan fingerprint density at radius 1 is 1.03 bits per heavy atom. The standard InChI is InChI=1S/C28H31F3N6OS/c1-2-39(38)34-20-3-6-24(25(17-20)36-15-13-27(11-12-27)14-16-36)37-18-23(33-35-37)26-21(29)4-5-22(32-26)19-7-9-28(30,31)10-8-19/h3-7,17-18,34H,2,8-16H2,1H3. The summed E-state index contributed by atoms with van der Waals surface area (Å²) in [4.78, 5) is 6.78. The summed E-state index contributed by atoms with van der Waals surface area (Å²) in [7, 11) is -1.18. The molecule has 7 nitrogen and oxygen atoms in total. The minimum Gasteiger partial charge on any atom is -0.370 e. The third-order valence-electron chi connectivity index (χ3n) is 8.16. The Kier molecular flexibility index (Phi) is 6.73. The summed E-state index contributed by atoms with van der Waals surface area (Å²) >= 11 is 0. The molecule has 1 unspecified atom stereocenters. The molecule has 39 heavy (non-hydrogen) atoms. The van der Waals surface area contributed by atoms with Crippen molar-refractivity contribution in [3.8, 4) is 17.1 Å². The molecule has 206 valence electrons. The van der Waals surface area contributed by atoms with Crippen LogP contribution in [-0.4, -0.2) is 49.0 Å². The van der Waals surface area contributed by atoms with Gasteiger partial charge in [0, 0.05) is 37.4 Å². The fraction of sp³-hybridized carbons (Fsp3) is 0.464. The Balaban J connectivity index is 1.32. The largest absolute Gasteiger partial charge is 0.370 e. The van der Waals surface area contributed by atoms with Gasteiger partial charge >= 0.3 is 0 Å². The number of piperidine rings is 1. The van der Waals surface area contributed by atoms with Crippen molar-refractivity contribution in [2.75, 3.05) is 28.5 Å². The molecule has 1 spiro atoms. The zero-order chi connectivity index (χ0) is 27.2. The maximum absolute atomic E-state index is 14.9. The van der Waals surface area contributed by atoms with Crippen molar-refractivity contribution in [2.24, 2.45) is 5.41 Å². The van der Waals surface area contributed by atoms with Crippen LogP contribution in [0.25, 0.3) is 22.6 Å². The molecule has 11 heteroatoms. The van der Waals surface area contributed by atoms with E-state index in [2.05, 4.69) is 24.9 Å². The topological polar surface area (TPSA) is 75.9 Å². The highest BCUT2D eigenvalue weighted by Crippen LogP contribution is 2.54. The first-order valence-electron chi connectivity index (χ1n) is 13.5. The Bertz CT molecular complexity index is 1440. The second kappa shape index (κ2) is 10.1. The Morgan fingerprint density at radius 3 is 2.51 bits per heavy atom. The van der Waals surface area contributed by atoms with Crippen LogP contribution in [0.2, 0.25) is 0 Å².